The summed E-state index contributed by atoms with van der Waals surface area (Å²) in [4.78, 5) is 25.0. The third-order valence-corrected chi connectivity index (χ3v) is 5.52. The molecule has 0 saturated carbocycles. The quantitative estimate of drug-likeness (QED) is 0.540. The number of esters is 1. The number of hydrogen-bond donors (Lipinski definition) is 2. The molecule has 0 bridgehead atoms. The molecule has 2 aromatic carbocycles. The molecule has 1 unspecified atom stereocenters. The van der Waals surface area contributed by atoms with Crippen molar-refractivity contribution in [1.82, 2.24) is 10.6 Å². The van der Waals surface area contributed by atoms with Crippen LogP contribution >= 0.6 is 23.2 Å². The summed E-state index contributed by atoms with van der Waals surface area (Å²) in [5.41, 5.74) is 2.29. The van der Waals surface area contributed by atoms with E-state index in [1.165, 1.54) is 0 Å². The van der Waals surface area contributed by atoms with Crippen LogP contribution in [0.4, 0.5) is 4.79 Å². The molecule has 0 radical (unpaired) electrons. The third-order valence-electron chi connectivity index (χ3n) is 4.81. The minimum Gasteiger partial charge on any atom is -0.489 e. The number of rotatable bonds is 7. The standard InChI is InChI=1S/C23H24Cl2N2O4/c1-4-30-22(28)19-20(13(2)3)26-23(29)27-21(19)14-7-5-8-15(11-14)31-12-16-17(24)9-6-10-18(16)25/h5-11,13,21H,4,12H2,1-3H3,(H2,26,27,29). The topological polar surface area (TPSA) is 76.7 Å². The van der Waals surface area contributed by atoms with E-state index in [-0.39, 0.29) is 25.2 Å². The van der Waals surface area contributed by atoms with Gasteiger partial charge in [-0.2, -0.15) is 0 Å². The molecule has 0 aromatic heterocycles. The average molecular weight is 463 g/mol. The zero-order valence-corrected chi connectivity index (χ0v) is 19.0. The number of carbonyl (C=O) groups is 2. The van der Waals surface area contributed by atoms with Gasteiger partial charge in [-0.25, -0.2) is 9.59 Å². The van der Waals surface area contributed by atoms with Gasteiger partial charge in [-0.1, -0.05) is 55.2 Å². The molecule has 164 valence electrons. The van der Waals surface area contributed by atoms with Gasteiger partial charge in [-0.05, 0) is 42.7 Å². The number of urea groups is 1. The van der Waals surface area contributed by atoms with Crippen molar-refractivity contribution in [3.63, 3.8) is 0 Å². The summed E-state index contributed by atoms with van der Waals surface area (Å²) in [5.74, 6) is 0.00296. The molecule has 8 heteroatoms. The Kier molecular flexibility index (Phi) is 7.46. The van der Waals surface area contributed by atoms with Crippen LogP contribution in [-0.4, -0.2) is 18.6 Å². The van der Waals surface area contributed by atoms with Crippen LogP contribution in [0.15, 0.2) is 53.7 Å². The summed E-state index contributed by atoms with van der Waals surface area (Å²) in [6.45, 7) is 5.97. The van der Waals surface area contributed by atoms with E-state index in [1.54, 1.807) is 43.3 Å². The third kappa shape index (κ3) is 5.32. The first-order chi connectivity index (χ1) is 14.8. The van der Waals surface area contributed by atoms with E-state index in [1.807, 2.05) is 19.9 Å². The van der Waals surface area contributed by atoms with Crippen LogP contribution in [0.25, 0.3) is 0 Å². The zero-order valence-electron chi connectivity index (χ0n) is 17.5. The smallest absolute Gasteiger partial charge is 0.338 e. The molecular weight excluding hydrogens is 439 g/mol. The van der Waals surface area contributed by atoms with Crippen molar-refractivity contribution >= 4 is 35.2 Å². The van der Waals surface area contributed by atoms with E-state index in [0.717, 1.165) is 0 Å². The number of halogens is 2. The summed E-state index contributed by atoms with van der Waals surface area (Å²) in [6.07, 6.45) is 0. The summed E-state index contributed by atoms with van der Waals surface area (Å²) in [5, 5.41) is 6.60. The Morgan fingerprint density at radius 3 is 2.45 bits per heavy atom. The van der Waals surface area contributed by atoms with Gasteiger partial charge in [-0.3, -0.25) is 0 Å². The fraction of sp³-hybridized carbons (Fsp3) is 0.304. The lowest BCUT2D eigenvalue weighted by molar-refractivity contribution is -0.139. The van der Waals surface area contributed by atoms with Crippen LogP contribution in [0, 0.1) is 5.92 Å². The second-order valence-electron chi connectivity index (χ2n) is 7.30. The van der Waals surface area contributed by atoms with Crippen LogP contribution in [-0.2, 0) is 16.1 Å². The zero-order chi connectivity index (χ0) is 22.5. The highest BCUT2D eigenvalue weighted by Gasteiger charge is 2.34. The Bertz CT molecular complexity index is 1000. The Hall–Kier alpha value is -2.70. The van der Waals surface area contributed by atoms with Crippen molar-refractivity contribution in [3.05, 3.63) is 74.9 Å². The Balaban J connectivity index is 1.92. The molecule has 31 heavy (non-hydrogen) atoms. The number of carbonyl (C=O) groups excluding carboxylic acids is 2. The summed E-state index contributed by atoms with van der Waals surface area (Å²) in [7, 11) is 0. The molecule has 2 aromatic rings. The maximum Gasteiger partial charge on any atom is 0.338 e. The van der Waals surface area contributed by atoms with Gasteiger partial charge < -0.3 is 20.1 Å². The second kappa shape index (κ2) is 10.1. The number of ether oxygens (including phenoxy) is 2. The van der Waals surface area contributed by atoms with Gasteiger partial charge in [0, 0.05) is 21.3 Å². The highest BCUT2D eigenvalue weighted by atomic mass is 35.5. The van der Waals surface area contributed by atoms with Crippen molar-refractivity contribution in [2.24, 2.45) is 5.92 Å². The lowest BCUT2D eigenvalue weighted by atomic mass is 9.91. The fourth-order valence-electron chi connectivity index (χ4n) is 3.34. The van der Waals surface area contributed by atoms with E-state index < -0.39 is 12.0 Å². The molecule has 0 saturated heterocycles. The maximum absolute atomic E-state index is 12.7. The highest BCUT2D eigenvalue weighted by molar-refractivity contribution is 6.35. The number of benzene rings is 2. The van der Waals surface area contributed by atoms with Crippen LogP contribution < -0.4 is 15.4 Å². The molecule has 3 rings (SSSR count). The first kappa shape index (κ1) is 23.0. The van der Waals surface area contributed by atoms with Crippen molar-refractivity contribution in [3.8, 4) is 5.75 Å². The largest absolute Gasteiger partial charge is 0.489 e. The van der Waals surface area contributed by atoms with Gasteiger partial charge in [0.2, 0.25) is 0 Å². The normalized spacial score (nSPS) is 16.1. The predicted octanol–water partition coefficient (Wildman–Crippen LogP) is 5.40. The molecule has 0 aliphatic carbocycles. The minimum absolute atomic E-state index is 0.0743. The molecule has 2 amide bonds. The van der Waals surface area contributed by atoms with E-state index in [4.69, 9.17) is 32.7 Å². The summed E-state index contributed by atoms with van der Waals surface area (Å²) in [6, 6.07) is 11.4. The van der Waals surface area contributed by atoms with E-state index in [2.05, 4.69) is 10.6 Å². The van der Waals surface area contributed by atoms with E-state index in [0.29, 0.717) is 38.2 Å². The van der Waals surface area contributed by atoms with Gasteiger partial charge >= 0.3 is 12.0 Å². The van der Waals surface area contributed by atoms with Crippen LogP contribution in [0.2, 0.25) is 10.0 Å². The fourth-order valence-corrected chi connectivity index (χ4v) is 3.84. The first-order valence-corrected chi connectivity index (χ1v) is 10.7. The number of allylic oxidation sites excluding steroid dienone is 1. The monoisotopic (exact) mass is 462 g/mol. The summed E-state index contributed by atoms with van der Waals surface area (Å²) < 4.78 is 11.2. The molecule has 2 N–H and O–H groups in total. The van der Waals surface area contributed by atoms with Gasteiger partial charge in [-0.15, -0.1) is 0 Å². The lowest BCUT2D eigenvalue weighted by Gasteiger charge is -2.31. The van der Waals surface area contributed by atoms with Crippen LogP contribution in [0.5, 0.6) is 5.75 Å². The Morgan fingerprint density at radius 1 is 1.13 bits per heavy atom. The van der Waals surface area contributed by atoms with Crippen LogP contribution in [0.3, 0.4) is 0 Å². The molecule has 1 aliphatic heterocycles. The van der Waals surface area contributed by atoms with Gasteiger partial charge in [0.25, 0.3) is 0 Å². The van der Waals surface area contributed by atoms with Crippen LogP contribution in [0.1, 0.15) is 37.9 Å². The maximum atomic E-state index is 12.7. The number of hydrogen-bond acceptors (Lipinski definition) is 4. The van der Waals surface area contributed by atoms with Gasteiger partial charge in [0.15, 0.2) is 0 Å². The molecule has 1 aliphatic rings. The Labute approximate surface area is 191 Å². The molecule has 0 spiro atoms. The molecular formula is C23H24Cl2N2O4. The lowest BCUT2D eigenvalue weighted by Crippen LogP contribution is -2.47. The molecule has 1 atom stereocenters. The predicted molar refractivity (Wildman–Crippen MR) is 120 cm³/mol. The van der Waals surface area contributed by atoms with Crippen molar-refractivity contribution in [2.75, 3.05) is 6.61 Å². The SMILES string of the molecule is CCOC(=O)C1=C(C(C)C)NC(=O)NC1c1cccc(OCc2c(Cl)cccc2Cl)c1. The van der Waals surface area contributed by atoms with Crippen molar-refractivity contribution < 1.29 is 19.1 Å². The molecule has 0 fully saturated rings. The van der Waals surface area contributed by atoms with E-state index in [9.17, 15) is 9.59 Å². The van der Waals surface area contributed by atoms with Gasteiger partial charge in [0.05, 0.1) is 18.2 Å². The van der Waals surface area contributed by atoms with Crippen molar-refractivity contribution in [2.45, 2.75) is 33.4 Å². The number of nitrogens with one attached hydrogen (secondary N) is 2. The molecule has 1 heterocycles. The second-order valence-corrected chi connectivity index (χ2v) is 8.11. The molecule has 6 nitrogen and oxygen atoms in total. The number of amides is 2. The highest BCUT2D eigenvalue weighted by Crippen LogP contribution is 2.33. The average Bonchev–Trinajstić information content (AvgIpc) is 2.73. The summed E-state index contributed by atoms with van der Waals surface area (Å²) >= 11 is 12.4. The van der Waals surface area contributed by atoms with Crippen molar-refractivity contribution in [1.29, 1.82) is 0 Å². The Morgan fingerprint density at radius 2 is 1.81 bits per heavy atom. The van der Waals surface area contributed by atoms with Gasteiger partial charge in [0.1, 0.15) is 12.4 Å². The minimum atomic E-state index is -0.669. The van der Waals surface area contributed by atoms with E-state index >= 15 is 0 Å². The first-order valence-electron chi connectivity index (χ1n) is 9.96.